The zero-order chi connectivity index (χ0) is 14.7. The van der Waals surface area contributed by atoms with Crippen LogP contribution in [0.4, 0.5) is 8.78 Å². The highest BCUT2D eigenvalue weighted by Crippen LogP contribution is 2.28. The number of aliphatic hydroxyl groups is 1. The quantitative estimate of drug-likeness (QED) is 0.888. The average molecular weight is 348 g/mol. The highest BCUT2D eigenvalue weighted by molar-refractivity contribution is 9.10. The number of amides is 1. The molecule has 1 saturated carbocycles. The number of rotatable bonds is 5. The van der Waals surface area contributed by atoms with Gasteiger partial charge in [-0.1, -0.05) is 15.9 Å². The van der Waals surface area contributed by atoms with E-state index in [1.807, 2.05) is 0 Å². The number of nitrogens with zero attached hydrogens (tertiary/aromatic N) is 1. The van der Waals surface area contributed by atoms with Crippen LogP contribution >= 0.6 is 15.9 Å². The van der Waals surface area contributed by atoms with Gasteiger partial charge in [-0.05, 0) is 37.8 Å². The number of aliphatic hydroxyl groups excluding tert-OH is 1. The lowest BCUT2D eigenvalue weighted by Crippen LogP contribution is -2.45. The maximum atomic E-state index is 13.9. The van der Waals surface area contributed by atoms with Crippen LogP contribution < -0.4 is 0 Å². The Bertz CT molecular complexity index is 483. The minimum atomic E-state index is -0.866. The molecule has 0 bridgehead atoms. The summed E-state index contributed by atoms with van der Waals surface area (Å²) in [7, 11) is 0. The van der Waals surface area contributed by atoms with Crippen molar-refractivity contribution < 1.29 is 18.7 Å². The van der Waals surface area contributed by atoms with Crippen LogP contribution in [0.25, 0.3) is 0 Å². The lowest BCUT2D eigenvalue weighted by atomic mass is 9.90. The van der Waals surface area contributed by atoms with E-state index in [-0.39, 0.29) is 17.1 Å². The molecule has 1 aliphatic carbocycles. The average Bonchev–Trinajstić information content (AvgIpc) is 2.30. The monoisotopic (exact) mass is 347 g/mol. The normalized spacial score (nSPS) is 15.0. The van der Waals surface area contributed by atoms with E-state index >= 15 is 0 Å². The van der Waals surface area contributed by atoms with Gasteiger partial charge in [0.25, 0.3) is 5.91 Å². The van der Waals surface area contributed by atoms with Crippen molar-refractivity contribution >= 4 is 21.8 Å². The van der Waals surface area contributed by atoms with E-state index in [1.54, 1.807) is 0 Å². The first-order chi connectivity index (χ1) is 9.54. The number of benzene rings is 1. The maximum Gasteiger partial charge on any atom is 0.260 e. The molecule has 6 heteroatoms. The van der Waals surface area contributed by atoms with Crippen LogP contribution in [0.15, 0.2) is 16.6 Å². The van der Waals surface area contributed by atoms with Crippen LogP contribution in [0.2, 0.25) is 0 Å². The Morgan fingerprint density at radius 3 is 2.40 bits per heavy atom. The molecule has 1 aromatic carbocycles. The second kappa shape index (κ2) is 6.63. The number of hydrogen-bond acceptors (Lipinski definition) is 2. The van der Waals surface area contributed by atoms with Crippen molar-refractivity contribution in [1.29, 1.82) is 0 Å². The summed E-state index contributed by atoms with van der Waals surface area (Å²) < 4.78 is 28.0. The van der Waals surface area contributed by atoms with Gasteiger partial charge in [-0.15, -0.1) is 0 Å². The van der Waals surface area contributed by atoms with Crippen LogP contribution in [-0.4, -0.2) is 35.1 Å². The lowest BCUT2D eigenvalue weighted by Gasteiger charge is -2.37. The molecule has 0 aliphatic heterocycles. The van der Waals surface area contributed by atoms with Gasteiger partial charge in [-0.25, -0.2) is 8.78 Å². The predicted octanol–water partition coefficient (Wildman–Crippen LogP) is 3.10. The van der Waals surface area contributed by atoms with Gasteiger partial charge in [0.05, 0.1) is 0 Å². The van der Waals surface area contributed by atoms with Gasteiger partial charge < -0.3 is 10.0 Å². The fourth-order valence-electron chi connectivity index (χ4n) is 2.28. The number of hydrogen-bond donors (Lipinski definition) is 1. The lowest BCUT2D eigenvalue weighted by molar-refractivity contribution is 0.0553. The molecule has 1 aliphatic rings. The summed E-state index contributed by atoms with van der Waals surface area (Å²) in [6.07, 6.45) is 3.11. The molecule has 110 valence electrons. The van der Waals surface area contributed by atoms with E-state index < -0.39 is 23.1 Å². The van der Waals surface area contributed by atoms with Crippen molar-refractivity contribution in [1.82, 2.24) is 4.90 Å². The van der Waals surface area contributed by atoms with E-state index in [2.05, 4.69) is 15.9 Å². The van der Waals surface area contributed by atoms with Crippen LogP contribution in [0.1, 0.15) is 36.0 Å². The third-order valence-electron chi connectivity index (χ3n) is 3.55. The van der Waals surface area contributed by atoms with Crippen molar-refractivity contribution in [2.24, 2.45) is 0 Å². The van der Waals surface area contributed by atoms with Crippen molar-refractivity contribution in [3.05, 3.63) is 33.8 Å². The molecule has 2 rings (SSSR count). The zero-order valence-corrected chi connectivity index (χ0v) is 12.5. The largest absolute Gasteiger partial charge is 0.396 e. The van der Waals surface area contributed by atoms with Gasteiger partial charge in [-0.3, -0.25) is 4.79 Å². The third kappa shape index (κ3) is 3.17. The molecule has 0 heterocycles. The summed E-state index contributed by atoms with van der Waals surface area (Å²) in [6.45, 7) is 0.261. The first-order valence-electron chi connectivity index (χ1n) is 6.61. The number of carbonyl (C=O) groups excluding carboxylic acids is 1. The molecular formula is C14H16BrF2NO2. The van der Waals surface area contributed by atoms with E-state index in [1.165, 1.54) is 4.90 Å². The Hall–Kier alpha value is -1.01. The van der Waals surface area contributed by atoms with Crippen molar-refractivity contribution in [3.8, 4) is 0 Å². The molecule has 1 fully saturated rings. The second-order valence-electron chi connectivity index (χ2n) is 4.90. The SMILES string of the molecule is O=C(c1c(F)cc(Br)cc1F)N(CCCO)C1CCC1. The van der Waals surface area contributed by atoms with Crippen LogP contribution in [0.5, 0.6) is 0 Å². The van der Waals surface area contributed by atoms with E-state index in [0.717, 1.165) is 31.4 Å². The first-order valence-corrected chi connectivity index (χ1v) is 7.40. The third-order valence-corrected chi connectivity index (χ3v) is 4.01. The fraction of sp³-hybridized carbons (Fsp3) is 0.500. The van der Waals surface area contributed by atoms with Crippen molar-refractivity contribution in [3.63, 3.8) is 0 Å². The minimum Gasteiger partial charge on any atom is -0.396 e. The van der Waals surface area contributed by atoms with Gasteiger partial charge in [0, 0.05) is 23.7 Å². The molecule has 0 atom stereocenters. The molecule has 1 amide bonds. The Balaban J connectivity index is 2.26. The highest BCUT2D eigenvalue weighted by atomic mass is 79.9. The maximum absolute atomic E-state index is 13.9. The molecule has 3 nitrogen and oxygen atoms in total. The van der Waals surface area contributed by atoms with E-state index in [4.69, 9.17) is 5.11 Å². The topological polar surface area (TPSA) is 40.5 Å². The Kier molecular flexibility index (Phi) is 5.10. The van der Waals surface area contributed by atoms with Crippen molar-refractivity contribution in [2.75, 3.05) is 13.2 Å². The van der Waals surface area contributed by atoms with E-state index in [9.17, 15) is 13.6 Å². The molecule has 0 radical (unpaired) electrons. The molecule has 0 aromatic heterocycles. The van der Waals surface area contributed by atoms with Gasteiger partial charge in [0.1, 0.15) is 17.2 Å². The summed E-state index contributed by atoms with van der Waals surface area (Å²) in [5.74, 6) is -2.36. The Morgan fingerprint density at radius 2 is 1.95 bits per heavy atom. The predicted molar refractivity (Wildman–Crippen MR) is 74.4 cm³/mol. The van der Waals surface area contributed by atoms with Crippen molar-refractivity contribution in [2.45, 2.75) is 31.7 Å². The van der Waals surface area contributed by atoms with Gasteiger partial charge in [-0.2, -0.15) is 0 Å². The van der Waals surface area contributed by atoms with Gasteiger partial charge >= 0.3 is 0 Å². The van der Waals surface area contributed by atoms with Crippen LogP contribution in [0.3, 0.4) is 0 Å². The second-order valence-corrected chi connectivity index (χ2v) is 5.82. The first kappa shape index (κ1) is 15.4. The molecule has 1 N–H and O–H groups in total. The number of halogens is 3. The summed E-state index contributed by atoms with van der Waals surface area (Å²) in [5, 5.41) is 8.89. The molecule has 0 saturated heterocycles. The Morgan fingerprint density at radius 1 is 1.35 bits per heavy atom. The van der Waals surface area contributed by atoms with Crippen LogP contribution in [0, 0.1) is 11.6 Å². The summed E-state index contributed by atoms with van der Waals surface area (Å²) in [6, 6.07) is 2.19. The van der Waals surface area contributed by atoms with E-state index in [0.29, 0.717) is 13.0 Å². The minimum absolute atomic E-state index is 0.0245. The highest BCUT2D eigenvalue weighted by Gasteiger charge is 2.31. The molecule has 1 aromatic rings. The smallest absolute Gasteiger partial charge is 0.260 e. The summed E-state index contributed by atoms with van der Waals surface area (Å²) in [4.78, 5) is 13.9. The molecule has 20 heavy (non-hydrogen) atoms. The zero-order valence-electron chi connectivity index (χ0n) is 10.9. The fourth-order valence-corrected chi connectivity index (χ4v) is 2.68. The van der Waals surface area contributed by atoms with Crippen LogP contribution in [-0.2, 0) is 0 Å². The summed E-state index contributed by atoms with van der Waals surface area (Å²) in [5.41, 5.74) is -0.516. The standard InChI is InChI=1S/C14H16BrF2NO2/c15-9-7-11(16)13(12(17)8-9)14(20)18(5-2-6-19)10-3-1-4-10/h7-8,10,19H,1-6H2. The molecule has 0 spiro atoms. The molecule has 0 unspecified atom stereocenters. The van der Waals surface area contributed by atoms with Gasteiger partial charge in [0.15, 0.2) is 0 Å². The van der Waals surface area contributed by atoms with Gasteiger partial charge in [0.2, 0.25) is 0 Å². The Labute approximate surface area is 124 Å². The summed E-state index contributed by atoms with van der Waals surface area (Å²) >= 11 is 2.99. The molecular weight excluding hydrogens is 332 g/mol. The number of carbonyl (C=O) groups is 1.